The van der Waals surface area contributed by atoms with Gasteiger partial charge in [0.25, 0.3) is 0 Å². The van der Waals surface area contributed by atoms with Crippen LogP contribution in [0.5, 0.6) is 5.75 Å². The van der Waals surface area contributed by atoms with Gasteiger partial charge in [0.2, 0.25) is 0 Å². The molecule has 98 valence electrons. The number of ketones is 1. The lowest BCUT2D eigenvalue weighted by atomic mass is 10.1. The summed E-state index contributed by atoms with van der Waals surface area (Å²) in [6, 6.07) is 6.63. The summed E-state index contributed by atoms with van der Waals surface area (Å²) in [5.41, 5.74) is 0.302. The number of carbonyl (C=O) groups is 2. The van der Waals surface area contributed by atoms with E-state index in [9.17, 15) is 9.59 Å². The number of aromatic nitrogens is 3. The van der Waals surface area contributed by atoms with Crippen LogP contribution >= 0.6 is 0 Å². The number of nitrogens with zero attached hydrogens (tertiary/aromatic N) is 3. The number of Topliss-reactive ketones (excluding diaryl/α,β-unsaturated/α-hetero) is 1. The van der Waals surface area contributed by atoms with Crippen LogP contribution in [0.15, 0.2) is 30.5 Å². The minimum Gasteiger partial charge on any atom is -0.497 e. The van der Waals surface area contributed by atoms with Gasteiger partial charge in [-0.05, 0) is 24.3 Å². The Morgan fingerprint density at radius 3 is 2.53 bits per heavy atom. The maximum atomic E-state index is 11.9. The molecule has 0 aliphatic rings. The summed E-state index contributed by atoms with van der Waals surface area (Å²) >= 11 is 0. The molecule has 1 aromatic heterocycles. The summed E-state index contributed by atoms with van der Waals surface area (Å²) < 4.78 is 6.18. The number of carboxylic acids is 1. The van der Waals surface area contributed by atoms with Gasteiger partial charge in [-0.2, -0.15) is 0 Å². The predicted octanol–water partition coefficient (Wildman–Crippen LogP) is 0.868. The second-order valence-electron chi connectivity index (χ2n) is 3.76. The predicted molar refractivity (Wildman–Crippen MR) is 64.3 cm³/mol. The van der Waals surface area contributed by atoms with Crippen LogP contribution in [0, 0.1) is 0 Å². The first-order valence-electron chi connectivity index (χ1n) is 5.41. The normalized spacial score (nSPS) is 10.2. The van der Waals surface area contributed by atoms with Gasteiger partial charge in [-0.25, -0.2) is 9.48 Å². The van der Waals surface area contributed by atoms with E-state index in [-0.39, 0.29) is 18.0 Å². The number of aromatic carboxylic acids is 1. The number of ether oxygens (including phenoxy) is 1. The van der Waals surface area contributed by atoms with Crippen molar-refractivity contribution in [1.82, 2.24) is 15.0 Å². The molecular weight excluding hydrogens is 250 g/mol. The van der Waals surface area contributed by atoms with Gasteiger partial charge >= 0.3 is 5.97 Å². The van der Waals surface area contributed by atoms with Gasteiger partial charge in [0.15, 0.2) is 11.5 Å². The first-order valence-corrected chi connectivity index (χ1v) is 5.41. The molecule has 0 saturated heterocycles. The van der Waals surface area contributed by atoms with Crippen molar-refractivity contribution >= 4 is 11.8 Å². The number of benzene rings is 1. The Hall–Kier alpha value is -2.70. The Morgan fingerprint density at radius 2 is 2.00 bits per heavy atom. The minimum absolute atomic E-state index is 0.0629. The number of methoxy groups -OCH3 is 1. The first-order chi connectivity index (χ1) is 9.10. The summed E-state index contributed by atoms with van der Waals surface area (Å²) in [6.07, 6.45) is 1.21. The Labute approximate surface area is 108 Å². The molecule has 0 bridgehead atoms. The molecule has 0 radical (unpaired) electrons. The van der Waals surface area contributed by atoms with Crippen LogP contribution in [-0.2, 0) is 6.54 Å². The molecule has 2 rings (SSSR count). The monoisotopic (exact) mass is 261 g/mol. The van der Waals surface area contributed by atoms with Gasteiger partial charge in [-0.15, -0.1) is 5.10 Å². The topological polar surface area (TPSA) is 94.3 Å². The standard InChI is InChI=1S/C12H11N3O4/c1-19-9-4-2-8(3-5-9)11(16)7-15-6-10(12(17)18)13-14-15/h2-6H,7H2,1H3,(H,17,18). The highest BCUT2D eigenvalue weighted by Crippen LogP contribution is 2.12. The molecule has 0 amide bonds. The van der Waals surface area contributed by atoms with Crippen LogP contribution in [0.2, 0.25) is 0 Å². The van der Waals surface area contributed by atoms with Crippen LogP contribution in [-0.4, -0.2) is 39.0 Å². The Kier molecular flexibility index (Phi) is 3.56. The average Bonchev–Trinajstić information content (AvgIpc) is 2.87. The smallest absolute Gasteiger partial charge is 0.358 e. The number of hydrogen-bond donors (Lipinski definition) is 1. The highest BCUT2D eigenvalue weighted by atomic mass is 16.5. The van der Waals surface area contributed by atoms with Crippen molar-refractivity contribution in [2.45, 2.75) is 6.54 Å². The van der Waals surface area contributed by atoms with E-state index in [4.69, 9.17) is 9.84 Å². The van der Waals surface area contributed by atoms with Crippen LogP contribution in [0.25, 0.3) is 0 Å². The van der Waals surface area contributed by atoms with Crippen LogP contribution in [0.3, 0.4) is 0 Å². The van der Waals surface area contributed by atoms with Crippen molar-refractivity contribution in [3.8, 4) is 5.75 Å². The molecule has 7 heteroatoms. The molecule has 1 heterocycles. The largest absolute Gasteiger partial charge is 0.497 e. The summed E-state index contributed by atoms with van der Waals surface area (Å²) in [6.45, 7) is -0.0629. The molecule has 0 spiro atoms. The zero-order valence-electron chi connectivity index (χ0n) is 10.1. The molecule has 1 N–H and O–H groups in total. The summed E-state index contributed by atoms with van der Waals surface area (Å²) in [5, 5.41) is 15.7. The lowest BCUT2D eigenvalue weighted by Crippen LogP contribution is -2.11. The third-order valence-corrected chi connectivity index (χ3v) is 2.48. The Balaban J connectivity index is 2.08. The van der Waals surface area contributed by atoms with E-state index in [1.807, 2.05) is 0 Å². The number of hydrogen-bond acceptors (Lipinski definition) is 5. The average molecular weight is 261 g/mol. The lowest BCUT2D eigenvalue weighted by molar-refractivity contribution is 0.0690. The van der Waals surface area contributed by atoms with Crippen molar-refractivity contribution in [2.75, 3.05) is 7.11 Å². The lowest BCUT2D eigenvalue weighted by Gasteiger charge is -2.02. The van der Waals surface area contributed by atoms with Gasteiger partial charge in [-0.3, -0.25) is 4.79 Å². The van der Waals surface area contributed by atoms with E-state index in [1.165, 1.54) is 10.9 Å². The third-order valence-electron chi connectivity index (χ3n) is 2.48. The zero-order chi connectivity index (χ0) is 13.8. The maximum absolute atomic E-state index is 11.9. The summed E-state index contributed by atoms with van der Waals surface area (Å²) in [7, 11) is 1.54. The quantitative estimate of drug-likeness (QED) is 0.802. The van der Waals surface area contributed by atoms with Crippen LogP contribution in [0.4, 0.5) is 0 Å². The van der Waals surface area contributed by atoms with Crippen molar-refractivity contribution in [2.24, 2.45) is 0 Å². The van der Waals surface area contributed by atoms with Crippen LogP contribution in [0.1, 0.15) is 20.8 Å². The van der Waals surface area contributed by atoms with Crippen molar-refractivity contribution < 1.29 is 19.4 Å². The zero-order valence-corrected chi connectivity index (χ0v) is 10.1. The fraction of sp³-hybridized carbons (Fsp3) is 0.167. The summed E-state index contributed by atoms with van der Waals surface area (Å²) in [5.74, 6) is -0.710. The molecule has 0 aliphatic heterocycles. The van der Waals surface area contributed by atoms with E-state index in [0.717, 1.165) is 0 Å². The maximum Gasteiger partial charge on any atom is 0.358 e. The van der Waals surface area contributed by atoms with E-state index in [0.29, 0.717) is 11.3 Å². The molecule has 0 saturated carbocycles. The van der Waals surface area contributed by atoms with Crippen LogP contribution < -0.4 is 4.74 Å². The van der Waals surface area contributed by atoms with Gasteiger partial charge in [-0.1, -0.05) is 5.21 Å². The SMILES string of the molecule is COc1ccc(C(=O)Cn2cc(C(=O)O)nn2)cc1. The van der Waals surface area contributed by atoms with Gasteiger partial charge < -0.3 is 9.84 Å². The van der Waals surface area contributed by atoms with Crippen molar-refractivity contribution in [3.63, 3.8) is 0 Å². The van der Waals surface area contributed by atoms with Crippen molar-refractivity contribution in [1.29, 1.82) is 0 Å². The van der Waals surface area contributed by atoms with Gasteiger partial charge in [0.1, 0.15) is 12.3 Å². The molecule has 0 unspecified atom stereocenters. The first kappa shape index (κ1) is 12.7. The number of rotatable bonds is 5. The highest BCUT2D eigenvalue weighted by molar-refractivity contribution is 5.96. The minimum atomic E-state index is -1.18. The Bertz CT molecular complexity index is 604. The van der Waals surface area contributed by atoms with Gasteiger partial charge in [0.05, 0.1) is 13.3 Å². The molecule has 1 aromatic carbocycles. The van der Waals surface area contributed by atoms with Crippen molar-refractivity contribution in [3.05, 3.63) is 41.7 Å². The Morgan fingerprint density at radius 1 is 1.32 bits per heavy atom. The van der Waals surface area contributed by atoms with E-state index in [1.54, 1.807) is 31.4 Å². The fourth-order valence-corrected chi connectivity index (χ4v) is 1.49. The fourth-order valence-electron chi connectivity index (χ4n) is 1.49. The molecule has 0 aliphatic carbocycles. The van der Waals surface area contributed by atoms with Gasteiger partial charge in [0, 0.05) is 5.56 Å². The molecule has 2 aromatic rings. The number of carboxylic acid groups (broad SMARTS) is 1. The molecule has 19 heavy (non-hydrogen) atoms. The van der Waals surface area contributed by atoms with E-state index < -0.39 is 5.97 Å². The van der Waals surface area contributed by atoms with E-state index >= 15 is 0 Å². The third kappa shape index (κ3) is 2.95. The molecule has 0 atom stereocenters. The molecule has 7 nitrogen and oxygen atoms in total. The van der Waals surface area contributed by atoms with E-state index in [2.05, 4.69) is 10.3 Å². The highest BCUT2D eigenvalue weighted by Gasteiger charge is 2.12. The second kappa shape index (κ2) is 5.30. The molecular formula is C12H11N3O4. The molecule has 0 fully saturated rings. The second-order valence-corrected chi connectivity index (χ2v) is 3.76. The number of carbonyl (C=O) groups excluding carboxylic acids is 1. The summed E-state index contributed by atoms with van der Waals surface area (Å²) in [4.78, 5) is 22.5.